The van der Waals surface area contributed by atoms with Gasteiger partial charge >= 0.3 is 12.1 Å². The van der Waals surface area contributed by atoms with E-state index in [0.717, 1.165) is 0 Å². The predicted octanol–water partition coefficient (Wildman–Crippen LogP) is 0.907. The van der Waals surface area contributed by atoms with Gasteiger partial charge in [-0.25, -0.2) is 0 Å². The molecule has 0 unspecified atom stereocenters. The van der Waals surface area contributed by atoms with Crippen molar-refractivity contribution in [3.8, 4) is 0 Å². The fraction of sp³-hybridized carbons (Fsp3) is 0.571. The summed E-state index contributed by atoms with van der Waals surface area (Å²) < 4.78 is 36.3. The molecule has 1 aliphatic carbocycles. The molecule has 2 atom stereocenters. The van der Waals surface area contributed by atoms with Gasteiger partial charge in [-0.05, 0) is 6.42 Å². The van der Waals surface area contributed by atoms with Crippen molar-refractivity contribution >= 4 is 5.97 Å². The zero-order chi connectivity index (χ0) is 10.2. The van der Waals surface area contributed by atoms with E-state index in [1.54, 1.807) is 0 Å². The minimum absolute atomic E-state index is 0.176. The van der Waals surface area contributed by atoms with E-state index >= 15 is 0 Å². The Morgan fingerprint density at radius 2 is 2.15 bits per heavy atom. The topological polar surface area (TPSA) is 63.3 Å². The van der Waals surface area contributed by atoms with E-state index in [2.05, 4.69) is 0 Å². The molecule has 3 nitrogen and oxygen atoms in total. The van der Waals surface area contributed by atoms with E-state index in [1.807, 2.05) is 0 Å². The van der Waals surface area contributed by atoms with Gasteiger partial charge in [0.2, 0.25) is 0 Å². The van der Waals surface area contributed by atoms with Crippen molar-refractivity contribution in [2.75, 3.05) is 0 Å². The van der Waals surface area contributed by atoms with E-state index in [9.17, 15) is 18.0 Å². The van der Waals surface area contributed by atoms with E-state index in [4.69, 9.17) is 10.8 Å². The SMILES string of the molecule is N[C@H]1C[C@@H](C(=O)O)C=C1C(F)(F)F. The van der Waals surface area contributed by atoms with Crippen LogP contribution in [0.15, 0.2) is 11.6 Å². The molecule has 0 amide bonds. The molecule has 0 bridgehead atoms. The zero-order valence-corrected chi connectivity index (χ0v) is 6.51. The smallest absolute Gasteiger partial charge is 0.413 e. The van der Waals surface area contributed by atoms with Crippen molar-refractivity contribution < 1.29 is 23.1 Å². The Morgan fingerprint density at radius 3 is 2.38 bits per heavy atom. The molecule has 0 aromatic rings. The second-order valence-corrected chi connectivity index (χ2v) is 2.91. The maximum absolute atomic E-state index is 12.1. The van der Waals surface area contributed by atoms with E-state index in [-0.39, 0.29) is 6.42 Å². The number of alkyl halides is 3. The average molecular weight is 195 g/mol. The first-order valence-electron chi connectivity index (χ1n) is 3.59. The number of carboxylic acids is 1. The second-order valence-electron chi connectivity index (χ2n) is 2.91. The highest BCUT2D eigenvalue weighted by Gasteiger charge is 2.43. The number of carbonyl (C=O) groups is 1. The lowest BCUT2D eigenvalue weighted by molar-refractivity contribution is -0.140. The molecule has 0 aromatic heterocycles. The summed E-state index contributed by atoms with van der Waals surface area (Å²) in [4.78, 5) is 10.4. The molecule has 0 radical (unpaired) electrons. The van der Waals surface area contributed by atoms with Gasteiger partial charge in [0.05, 0.1) is 5.92 Å². The van der Waals surface area contributed by atoms with E-state index in [0.29, 0.717) is 6.08 Å². The van der Waals surface area contributed by atoms with Crippen LogP contribution in [0.1, 0.15) is 6.42 Å². The minimum atomic E-state index is -4.51. The molecule has 0 heterocycles. The summed E-state index contributed by atoms with van der Waals surface area (Å²) in [7, 11) is 0. The standard InChI is InChI=1S/C7H8F3NO2/c8-7(9,10)4-1-3(6(12)13)2-5(4)11/h1,3,5H,2,11H2,(H,12,13)/t3-,5-/m0/s1. The maximum Gasteiger partial charge on any atom is 0.413 e. The zero-order valence-electron chi connectivity index (χ0n) is 6.51. The monoisotopic (exact) mass is 195 g/mol. The Morgan fingerprint density at radius 1 is 1.62 bits per heavy atom. The van der Waals surface area contributed by atoms with Crippen LogP contribution < -0.4 is 5.73 Å². The first-order valence-corrected chi connectivity index (χ1v) is 3.59. The van der Waals surface area contributed by atoms with Gasteiger partial charge in [-0.3, -0.25) is 4.79 Å². The summed E-state index contributed by atoms with van der Waals surface area (Å²) in [6.07, 6.45) is -4.00. The number of halogens is 3. The van der Waals surface area contributed by atoms with Gasteiger partial charge in [0.15, 0.2) is 0 Å². The van der Waals surface area contributed by atoms with Crippen LogP contribution in [0.4, 0.5) is 13.2 Å². The molecule has 0 saturated heterocycles. The number of hydrogen-bond donors (Lipinski definition) is 2. The summed E-state index contributed by atoms with van der Waals surface area (Å²) in [5.41, 5.74) is 4.21. The van der Waals surface area contributed by atoms with Crippen molar-refractivity contribution in [2.24, 2.45) is 11.7 Å². The first-order chi connectivity index (χ1) is 5.82. The Hall–Kier alpha value is -1.04. The molecule has 74 valence electrons. The largest absolute Gasteiger partial charge is 0.481 e. The third-order valence-electron chi connectivity index (χ3n) is 1.93. The highest BCUT2D eigenvalue weighted by Crippen LogP contribution is 2.35. The number of rotatable bonds is 1. The Kier molecular flexibility index (Phi) is 2.34. The summed E-state index contributed by atoms with van der Waals surface area (Å²) in [5.74, 6) is -2.37. The summed E-state index contributed by atoms with van der Waals surface area (Å²) in [5, 5.41) is 8.45. The molecule has 0 aliphatic heterocycles. The molecule has 3 N–H and O–H groups in total. The van der Waals surface area contributed by atoms with Gasteiger partial charge in [-0.2, -0.15) is 13.2 Å². The van der Waals surface area contributed by atoms with Gasteiger partial charge in [0, 0.05) is 11.6 Å². The lowest BCUT2D eigenvalue weighted by Crippen LogP contribution is -2.28. The van der Waals surface area contributed by atoms with Gasteiger partial charge in [0.25, 0.3) is 0 Å². The molecule has 0 spiro atoms. The lowest BCUT2D eigenvalue weighted by Gasteiger charge is -2.12. The van der Waals surface area contributed by atoms with Crippen LogP contribution in [0.5, 0.6) is 0 Å². The molecule has 0 fully saturated rings. The van der Waals surface area contributed by atoms with Crippen LogP contribution in [0, 0.1) is 5.92 Å². The highest BCUT2D eigenvalue weighted by atomic mass is 19.4. The maximum atomic E-state index is 12.1. The van der Waals surface area contributed by atoms with Gasteiger partial charge < -0.3 is 10.8 Å². The summed E-state index contributed by atoms with van der Waals surface area (Å²) >= 11 is 0. The molecule has 1 rings (SSSR count). The molecule has 6 heteroatoms. The lowest BCUT2D eigenvalue weighted by atomic mass is 10.1. The van der Waals surface area contributed by atoms with Crippen LogP contribution in [0.2, 0.25) is 0 Å². The van der Waals surface area contributed by atoms with Gasteiger partial charge in [-0.1, -0.05) is 6.08 Å². The Balaban J connectivity index is 2.86. The van der Waals surface area contributed by atoms with Gasteiger partial charge in [0.1, 0.15) is 0 Å². The van der Waals surface area contributed by atoms with Gasteiger partial charge in [-0.15, -0.1) is 0 Å². The number of nitrogens with two attached hydrogens (primary N) is 1. The molecule has 1 aliphatic rings. The predicted molar refractivity (Wildman–Crippen MR) is 37.9 cm³/mol. The van der Waals surface area contributed by atoms with Crippen LogP contribution >= 0.6 is 0 Å². The van der Waals surface area contributed by atoms with Crippen molar-refractivity contribution in [3.63, 3.8) is 0 Å². The Labute approximate surface area is 72.0 Å². The second kappa shape index (κ2) is 3.02. The summed E-state index contributed by atoms with van der Waals surface area (Å²) in [6.45, 7) is 0. The molecular weight excluding hydrogens is 187 g/mol. The number of hydrogen-bond acceptors (Lipinski definition) is 2. The fourth-order valence-corrected chi connectivity index (χ4v) is 1.29. The average Bonchev–Trinajstić information content (AvgIpc) is 2.29. The fourth-order valence-electron chi connectivity index (χ4n) is 1.29. The third kappa shape index (κ3) is 2.00. The molecule has 0 aromatic carbocycles. The van der Waals surface area contributed by atoms with Crippen molar-refractivity contribution in [3.05, 3.63) is 11.6 Å². The van der Waals surface area contributed by atoms with Crippen molar-refractivity contribution in [2.45, 2.75) is 18.6 Å². The van der Waals surface area contributed by atoms with E-state index in [1.165, 1.54) is 0 Å². The van der Waals surface area contributed by atoms with E-state index < -0.39 is 29.7 Å². The van der Waals surface area contributed by atoms with Crippen molar-refractivity contribution in [1.29, 1.82) is 0 Å². The van der Waals surface area contributed by atoms with Crippen LogP contribution in [0.3, 0.4) is 0 Å². The van der Waals surface area contributed by atoms with Crippen LogP contribution in [0.25, 0.3) is 0 Å². The van der Waals surface area contributed by atoms with Crippen LogP contribution in [-0.2, 0) is 4.79 Å². The number of aliphatic carboxylic acids is 1. The summed E-state index contributed by atoms with van der Waals surface area (Å²) in [6, 6.07) is -1.21. The minimum Gasteiger partial charge on any atom is -0.481 e. The first kappa shape index (κ1) is 10.0. The highest BCUT2D eigenvalue weighted by molar-refractivity contribution is 5.73. The Bertz CT molecular complexity index is 259. The van der Waals surface area contributed by atoms with Crippen LogP contribution in [-0.4, -0.2) is 23.3 Å². The number of carboxylic acid groups (broad SMARTS) is 1. The molecular formula is C7H8F3NO2. The third-order valence-corrected chi connectivity index (χ3v) is 1.93. The normalized spacial score (nSPS) is 28.8. The molecule has 13 heavy (non-hydrogen) atoms. The molecule has 0 saturated carbocycles. The van der Waals surface area contributed by atoms with Crippen molar-refractivity contribution in [1.82, 2.24) is 0 Å². The quantitative estimate of drug-likeness (QED) is 0.611.